The zero-order chi connectivity index (χ0) is 29.8. The molecule has 2 saturated heterocycles. The van der Waals surface area contributed by atoms with Gasteiger partial charge in [0.1, 0.15) is 16.8 Å². The monoisotopic (exact) mass is 622 g/mol. The van der Waals surface area contributed by atoms with Crippen molar-refractivity contribution in [3.8, 4) is 0 Å². The molecule has 3 N–H and O–H groups in total. The van der Waals surface area contributed by atoms with Gasteiger partial charge in [0, 0.05) is 59.6 Å². The molecule has 0 radical (unpaired) electrons. The van der Waals surface area contributed by atoms with E-state index < -0.39 is 17.0 Å². The molecule has 1 amide bonds. The van der Waals surface area contributed by atoms with Crippen LogP contribution in [0.2, 0.25) is 5.02 Å². The van der Waals surface area contributed by atoms with Gasteiger partial charge in [-0.3, -0.25) is 14.6 Å². The largest absolute Gasteiger partial charge is 0.379 e. The van der Waals surface area contributed by atoms with Crippen LogP contribution >= 0.6 is 23.4 Å². The minimum absolute atomic E-state index is 0.123. The minimum Gasteiger partial charge on any atom is -0.379 e. The van der Waals surface area contributed by atoms with Crippen LogP contribution in [0.15, 0.2) is 83.9 Å². The fourth-order valence-corrected chi connectivity index (χ4v) is 7.86. The Kier molecular flexibility index (Phi) is 9.37. The van der Waals surface area contributed by atoms with Crippen LogP contribution in [0.1, 0.15) is 30.0 Å². The van der Waals surface area contributed by atoms with Crippen molar-refractivity contribution < 1.29 is 19.0 Å². The number of aromatic nitrogens is 1. The fourth-order valence-electron chi connectivity index (χ4n) is 6.25. The Morgan fingerprint density at radius 2 is 1.88 bits per heavy atom. The van der Waals surface area contributed by atoms with Gasteiger partial charge in [-0.25, -0.2) is 4.39 Å². The van der Waals surface area contributed by atoms with Crippen LogP contribution < -0.4 is 5.32 Å². The first-order valence-electron chi connectivity index (χ1n) is 14.7. The molecule has 226 valence electrons. The summed E-state index contributed by atoms with van der Waals surface area (Å²) in [4.78, 5) is 23.0. The van der Waals surface area contributed by atoms with Gasteiger partial charge in [0.25, 0.3) is 0 Å². The number of nitrogens with one attached hydrogen (secondary N) is 2. The van der Waals surface area contributed by atoms with Gasteiger partial charge in [-0.15, -0.1) is 11.8 Å². The van der Waals surface area contributed by atoms with Crippen LogP contribution in [0.4, 0.5) is 4.39 Å². The summed E-state index contributed by atoms with van der Waals surface area (Å²) in [5.41, 5.74) is 2.45. The van der Waals surface area contributed by atoms with Crippen LogP contribution in [-0.2, 0) is 16.1 Å². The molecular weight excluding hydrogens is 587 g/mol. The number of hydrogen-bond acceptors (Lipinski definition) is 6. The molecule has 2 aliphatic heterocycles. The Hall–Kier alpha value is -2.92. The number of benzene rings is 3. The second kappa shape index (κ2) is 13.4. The van der Waals surface area contributed by atoms with Crippen molar-refractivity contribution in [1.82, 2.24) is 20.1 Å². The van der Waals surface area contributed by atoms with E-state index in [9.17, 15) is 14.3 Å². The standard InChI is InChI=1S/C33H36ClFN4O3S/c34-24-9-7-23(8-10-24)22-39-30(40)20-33(43-26-5-2-1-3-6-26,32(41)36-13-4-14-38-15-17-42-18-16-38)31(39)28-21-37-29-19-25(35)11-12-27(28)29/h1-3,5-12,19,21,30-31,37,40H,4,13-18,20,22H2,(H,36,41)/t30?,31-,33?/m0/s1. The van der Waals surface area contributed by atoms with Gasteiger partial charge in [0.05, 0.1) is 19.3 Å². The predicted molar refractivity (Wildman–Crippen MR) is 169 cm³/mol. The van der Waals surface area contributed by atoms with Crippen molar-refractivity contribution in [2.75, 3.05) is 39.4 Å². The molecule has 0 saturated carbocycles. The van der Waals surface area contributed by atoms with Crippen LogP contribution in [0, 0.1) is 5.82 Å². The molecule has 3 atom stereocenters. The van der Waals surface area contributed by atoms with Crippen molar-refractivity contribution in [1.29, 1.82) is 0 Å². The van der Waals surface area contributed by atoms with E-state index in [1.807, 2.05) is 65.7 Å². The number of H-pyrrole nitrogens is 1. The van der Waals surface area contributed by atoms with E-state index in [0.29, 0.717) is 23.6 Å². The third-order valence-corrected chi connectivity index (χ3v) is 10.1. The zero-order valence-electron chi connectivity index (χ0n) is 23.8. The highest BCUT2D eigenvalue weighted by molar-refractivity contribution is 8.01. The Morgan fingerprint density at radius 1 is 1.12 bits per heavy atom. The number of halogens is 2. The number of nitrogens with zero attached hydrogens (tertiary/aromatic N) is 2. The zero-order valence-corrected chi connectivity index (χ0v) is 25.4. The molecule has 0 bridgehead atoms. The van der Waals surface area contributed by atoms with Crippen LogP contribution in [-0.4, -0.2) is 76.2 Å². The summed E-state index contributed by atoms with van der Waals surface area (Å²) < 4.78 is 18.6. The molecule has 2 aliphatic rings. The number of aliphatic hydroxyl groups is 1. The smallest absolute Gasteiger partial charge is 0.238 e. The summed E-state index contributed by atoms with van der Waals surface area (Å²) in [6.45, 7) is 5.07. The molecule has 7 nitrogen and oxygen atoms in total. The third-order valence-electron chi connectivity index (χ3n) is 8.36. The molecule has 2 unspecified atom stereocenters. The first-order valence-corrected chi connectivity index (χ1v) is 15.9. The lowest BCUT2D eigenvalue weighted by atomic mass is 9.91. The number of amides is 1. The average Bonchev–Trinajstić information content (AvgIpc) is 3.54. The summed E-state index contributed by atoms with van der Waals surface area (Å²) >= 11 is 7.65. The number of likely N-dealkylation sites (tertiary alicyclic amines) is 1. The summed E-state index contributed by atoms with van der Waals surface area (Å²) in [6, 6.07) is 21.5. The van der Waals surface area contributed by atoms with Gasteiger partial charge in [0.15, 0.2) is 0 Å². The van der Waals surface area contributed by atoms with E-state index in [-0.39, 0.29) is 18.1 Å². The molecule has 6 rings (SSSR count). The lowest BCUT2D eigenvalue weighted by Gasteiger charge is -2.37. The van der Waals surface area contributed by atoms with Crippen molar-refractivity contribution in [2.24, 2.45) is 0 Å². The first-order chi connectivity index (χ1) is 20.9. The lowest BCUT2D eigenvalue weighted by Crippen LogP contribution is -2.48. The lowest BCUT2D eigenvalue weighted by molar-refractivity contribution is -0.124. The van der Waals surface area contributed by atoms with E-state index in [4.69, 9.17) is 16.3 Å². The van der Waals surface area contributed by atoms with Gasteiger partial charge in [-0.2, -0.15) is 0 Å². The van der Waals surface area contributed by atoms with Crippen LogP contribution in [0.3, 0.4) is 0 Å². The molecule has 0 spiro atoms. The SMILES string of the molecule is O=C(NCCCN1CCOCC1)C1(Sc2ccccc2)CC(O)N(Cc2ccc(Cl)cc2)[C@H]1c1c[nH]c2cc(F)ccc12. The fraction of sp³-hybridized carbons (Fsp3) is 0.364. The van der Waals surface area contributed by atoms with Gasteiger partial charge < -0.3 is 20.1 Å². The molecule has 10 heteroatoms. The van der Waals surface area contributed by atoms with Gasteiger partial charge >= 0.3 is 0 Å². The van der Waals surface area contributed by atoms with E-state index >= 15 is 0 Å². The minimum atomic E-state index is -1.07. The van der Waals surface area contributed by atoms with E-state index in [1.165, 1.54) is 23.9 Å². The molecule has 0 aliphatic carbocycles. The summed E-state index contributed by atoms with van der Waals surface area (Å²) in [7, 11) is 0. The highest BCUT2D eigenvalue weighted by atomic mass is 35.5. The number of hydrogen-bond donors (Lipinski definition) is 3. The first kappa shape index (κ1) is 30.1. The van der Waals surface area contributed by atoms with E-state index in [2.05, 4.69) is 15.2 Å². The number of fused-ring (bicyclic) bond motifs is 1. The number of aliphatic hydroxyl groups excluding tert-OH is 1. The predicted octanol–water partition coefficient (Wildman–Crippen LogP) is 5.60. The molecule has 3 heterocycles. The molecular formula is C33H36ClFN4O3S. The van der Waals surface area contributed by atoms with Crippen LogP contribution in [0.25, 0.3) is 10.9 Å². The molecule has 43 heavy (non-hydrogen) atoms. The average molecular weight is 623 g/mol. The maximum atomic E-state index is 14.5. The number of morpholine rings is 1. The maximum Gasteiger partial charge on any atom is 0.238 e. The normalized spacial score (nSPS) is 23.1. The highest BCUT2D eigenvalue weighted by Gasteiger charge is 2.58. The van der Waals surface area contributed by atoms with E-state index in [0.717, 1.165) is 60.7 Å². The van der Waals surface area contributed by atoms with Crippen LogP contribution in [0.5, 0.6) is 0 Å². The number of carbonyl (C=O) groups is 1. The second-order valence-electron chi connectivity index (χ2n) is 11.2. The quantitative estimate of drug-likeness (QED) is 0.200. The number of carbonyl (C=O) groups excluding carboxylic acids is 1. The maximum absolute atomic E-state index is 14.5. The Morgan fingerprint density at radius 3 is 2.65 bits per heavy atom. The number of ether oxygens (including phenoxy) is 1. The van der Waals surface area contributed by atoms with Crippen molar-refractivity contribution in [3.05, 3.63) is 101 Å². The number of thioether (sulfide) groups is 1. The van der Waals surface area contributed by atoms with E-state index in [1.54, 1.807) is 6.07 Å². The Bertz CT molecular complexity index is 1530. The third kappa shape index (κ3) is 6.62. The topological polar surface area (TPSA) is 80.8 Å². The van der Waals surface area contributed by atoms with Gasteiger partial charge in [0.2, 0.25) is 5.91 Å². The molecule has 1 aromatic heterocycles. The molecule has 2 fully saturated rings. The molecule has 3 aromatic carbocycles. The molecule has 4 aromatic rings. The summed E-state index contributed by atoms with van der Waals surface area (Å²) in [6.07, 6.45) is 1.98. The Balaban J connectivity index is 1.37. The Labute approximate surface area is 260 Å². The number of rotatable bonds is 10. The second-order valence-corrected chi connectivity index (χ2v) is 13.0. The van der Waals surface area contributed by atoms with Gasteiger partial charge in [-0.05, 0) is 66.6 Å². The summed E-state index contributed by atoms with van der Waals surface area (Å²) in [5.74, 6) is -0.462. The number of aromatic amines is 1. The van der Waals surface area contributed by atoms with Gasteiger partial charge in [-0.1, -0.05) is 41.9 Å². The highest BCUT2D eigenvalue weighted by Crippen LogP contribution is 2.55. The summed E-state index contributed by atoms with van der Waals surface area (Å²) in [5, 5.41) is 16.4. The van der Waals surface area contributed by atoms with Crippen molar-refractivity contribution in [3.63, 3.8) is 0 Å². The van der Waals surface area contributed by atoms with Crippen molar-refractivity contribution >= 4 is 40.2 Å². The van der Waals surface area contributed by atoms with Crippen molar-refractivity contribution in [2.45, 2.75) is 41.3 Å².